The van der Waals surface area contributed by atoms with Crippen molar-refractivity contribution in [1.82, 2.24) is 0 Å². The number of anilines is 1. The molecule has 0 radical (unpaired) electrons. The van der Waals surface area contributed by atoms with Crippen molar-refractivity contribution in [3.63, 3.8) is 0 Å². The summed E-state index contributed by atoms with van der Waals surface area (Å²) in [5.41, 5.74) is 1.62. The Labute approximate surface area is 197 Å². The molecular weight excluding hydrogens is 446 g/mol. The Morgan fingerprint density at radius 1 is 1.28 bits per heavy atom. The van der Waals surface area contributed by atoms with Gasteiger partial charge in [0, 0.05) is 18.8 Å². The third-order valence-corrected chi connectivity index (χ3v) is 6.13. The third kappa shape index (κ3) is 6.40. The molecule has 0 fully saturated rings. The molecule has 1 aromatic heterocycles. The highest BCUT2D eigenvalue weighted by atomic mass is 35.5. The van der Waals surface area contributed by atoms with Crippen LogP contribution in [0.25, 0.3) is 6.08 Å². The van der Waals surface area contributed by atoms with Crippen molar-refractivity contribution in [2.75, 3.05) is 18.6 Å². The summed E-state index contributed by atoms with van der Waals surface area (Å²) in [5.74, 6) is -0.724. The third-order valence-electron chi connectivity index (χ3n) is 4.60. The summed E-state index contributed by atoms with van der Waals surface area (Å²) in [6.07, 6.45) is 2.90. The van der Waals surface area contributed by atoms with Crippen LogP contribution in [0.3, 0.4) is 0 Å². The highest BCUT2D eigenvalue weighted by Crippen LogP contribution is 2.40. The van der Waals surface area contributed by atoms with Gasteiger partial charge >= 0.3 is 5.97 Å². The minimum atomic E-state index is -0.724. The molecule has 0 spiro atoms. The number of nitrogens with zero attached hydrogens (tertiary/aromatic N) is 5. The molecule has 0 saturated carbocycles. The van der Waals surface area contributed by atoms with E-state index >= 15 is 0 Å². The lowest BCUT2D eigenvalue weighted by atomic mass is 10.2. The van der Waals surface area contributed by atoms with Crippen molar-refractivity contribution < 1.29 is 9.53 Å². The Balaban J connectivity index is 2.27. The van der Waals surface area contributed by atoms with Crippen LogP contribution < -0.4 is 4.90 Å². The average Bonchev–Trinajstić information content (AvgIpc) is 3.09. The summed E-state index contributed by atoms with van der Waals surface area (Å²) in [6.45, 7) is 6.41. The number of thiophene rings is 1. The van der Waals surface area contributed by atoms with Gasteiger partial charge in [-0.2, -0.15) is 10.5 Å². The van der Waals surface area contributed by atoms with E-state index in [1.54, 1.807) is 0 Å². The quantitative estimate of drug-likeness (QED) is 0.132. The summed E-state index contributed by atoms with van der Waals surface area (Å²) < 4.78 is 5.08. The van der Waals surface area contributed by atoms with Gasteiger partial charge in [0.15, 0.2) is 5.00 Å². The van der Waals surface area contributed by atoms with Gasteiger partial charge in [-0.3, -0.25) is 0 Å². The molecule has 2 rings (SSSR count). The molecule has 0 bridgehead atoms. The number of ether oxygens (including phenoxy) is 1. The molecule has 0 aliphatic carbocycles. The van der Waals surface area contributed by atoms with Crippen LogP contribution in [0, 0.1) is 22.7 Å². The van der Waals surface area contributed by atoms with Gasteiger partial charge in [-0.1, -0.05) is 24.9 Å². The van der Waals surface area contributed by atoms with E-state index in [1.807, 2.05) is 50.4 Å². The highest BCUT2D eigenvalue weighted by Gasteiger charge is 2.18. The Morgan fingerprint density at radius 2 is 1.97 bits per heavy atom. The summed E-state index contributed by atoms with van der Waals surface area (Å²) in [5, 5.41) is 27.6. The van der Waals surface area contributed by atoms with Gasteiger partial charge in [-0.05, 0) is 50.6 Å². The zero-order valence-corrected chi connectivity index (χ0v) is 20.0. The number of azo groups is 1. The number of nitriles is 2. The van der Waals surface area contributed by atoms with Crippen LogP contribution >= 0.6 is 22.9 Å². The second kappa shape index (κ2) is 12.0. The Bertz CT molecular complexity index is 1090. The van der Waals surface area contributed by atoms with Gasteiger partial charge in [-0.15, -0.1) is 21.6 Å². The smallest absolute Gasteiger partial charge is 0.348 e. The predicted molar refractivity (Wildman–Crippen MR) is 128 cm³/mol. The fourth-order valence-electron chi connectivity index (χ4n) is 2.49. The SMILES string of the molecule is CCCCOC(=O)/C(C#N)=C/c1sc(N=Nc2ccc(N(C)C(C)C)cc2)c(C#N)c1Cl. The number of hydrogen-bond donors (Lipinski definition) is 0. The predicted octanol–water partition coefficient (Wildman–Crippen LogP) is 6.78. The van der Waals surface area contributed by atoms with Crippen molar-refractivity contribution in [1.29, 1.82) is 10.5 Å². The van der Waals surface area contributed by atoms with Crippen molar-refractivity contribution in [2.24, 2.45) is 10.2 Å². The first kappa shape index (κ1) is 25.1. The number of unbranched alkanes of at least 4 members (excludes halogenated alkanes) is 1. The van der Waals surface area contributed by atoms with E-state index < -0.39 is 5.97 Å². The lowest BCUT2D eigenvalue weighted by Gasteiger charge is -2.23. The molecule has 0 unspecified atom stereocenters. The summed E-state index contributed by atoms with van der Waals surface area (Å²) in [7, 11) is 2.01. The maximum Gasteiger partial charge on any atom is 0.348 e. The molecule has 2 aromatic rings. The monoisotopic (exact) mass is 469 g/mol. The van der Waals surface area contributed by atoms with Crippen LogP contribution in [0.2, 0.25) is 5.02 Å². The highest BCUT2D eigenvalue weighted by molar-refractivity contribution is 7.17. The average molecular weight is 470 g/mol. The molecule has 0 saturated heterocycles. The summed E-state index contributed by atoms with van der Waals surface area (Å²) in [4.78, 5) is 14.6. The minimum Gasteiger partial charge on any atom is -0.462 e. The zero-order valence-electron chi connectivity index (χ0n) is 18.4. The van der Waals surface area contributed by atoms with Crippen LogP contribution in [0.4, 0.5) is 16.4 Å². The Morgan fingerprint density at radius 3 is 2.53 bits per heavy atom. The van der Waals surface area contributed by atoms with E-state index in [4.69, 9.17) is 16.3 Å². The summed E-state index contributed by atoms with van der Waals surface area (Å²) in [6, 6.07) is 11.7. The van der Waals surface area contributed by atoms with E-state index in [9.17, 15) is 15.3 Å². The van der Waals surface area contributed by atoms with Gasteiger partial charge in [0.25, 0.3) is 0 Å². The van der Waals surface area contributed by atoms with E-state index in [0.29, 0.717) is 28.0 Å². The fourth-order valence-corrected chi connectivity index (χ4v) is 3.75. The molecule has 0 N–H and O–H groups in total. The summed E-state index contributed by atoms with van der Waals surface area (Å²) >= 11 is 7.38. The fraction of sp³-hybridized carbons (Fsp3) is 0.348. The molecule has 9 heteroatoms. The molecule has 1 heterocycles. The molecule has 32 heavy (non-hydrogen) atoms. The van der Waals surface area contributed by atoms with E-state index in [1.165, 1.54) is 6.08 Å². The molecule has 0 aliphatic heterocycles. The maximum absolute atomic E-state index is 12.1. The second-order valence-electron chi connectivity index (χ2n) is 7.15. The number of carbonyl (C=O) groups is 1. The molecular formula is C23H24ClN5O2S. The first-order valence-electron chi connectivity index (χ1n) is 10.1. The van der Waals surface area contributed by atoms with Gasteiger partial charge in [0.1, 0.15) is 23.3 Å². The number of carbonyl (C=O) groups excluding carboxylic acids is 1. The molecule has 7 nitrogen and oxygen atoms in total. The van der Waals surface area contributed by atoms with Crippen LogP contribution in [0.1, 0.15) is 44.1 Å². The van der Waals surface area contributed by atoms with E-state index in [-0.39, 0.29) is 22.8 Å². The van der Waals surface area contributed by atoms with Gasteiger partial charge in [0.05, 0.1) is 22.2 Å². The van der Waals surface area contributed by atoms with Crippen molar-refractivity contribution in [3.05, 3.63) is 45.3 Å². The first-order chi connectivity index (χ1) is 15.3. The van der Waals surface area contributed by atoms with Gasteiger partial charge in [-0.25, -0.2) is 4.79 Å². The lowest BCUT2D eigenvalue weighted by Crippen LogP contribution is -2.25. The standard InChI is InChI=1S/C23H24ClN5O2S/c1-5-6-11-31-23(30)16(13-25)12-20-21(24)19(14-26)22(32-20)28-27-17-7-9-18(10-8-17)29(4)15(2)3/h7-10,12,15H,5-6,11H2,1-4H3/b16-12+,28-27?. The minimum absolute atomic E-state index is 0.120. The molecule has 0 aliphatic rings. The maximum atomic E-state index is 12.1. The Hall–Kier alpha value is -3.20. The number of hydrogen-bond acceptors (Lipinski definition) is 8. The molecule has 0 atom stereocenters. The van der Waals surface area contributed by atoms with E-state index in [2.05, 4.69) is 29.0 Å². The first-order valence-corrected chi connectivity index (χ1v) is 11.3. The normalized spacial score (nSPS) is 11.4. The molecule has 166 valence electrons. The van der Waals surface area contributed by atoms with Crippen molar-refractivity contribution >= 4 is 51.4 Å². The van der Waals surface area contributed by atoms with Gasteiger partial charge < -0.3 is 9.64 Å². The zero-order chi connectivity index (χ0) is 23.7. The van der Waals surface area contributed by atoms with Crippen LogP contribution in [-0.2, 0) is 9.53 Å². The van der Waals surface area contributed by atoms with Crippen LogP contribution in [-0.4, -0.2) is 25.7 Å². The van der Waals surface area contributed by atoms with Crippen LogP contribution in [0.15, 0.2) is 40.1 Å². The number of esters is 1. The molecule has 0 amide bonds. The second-order valence-corrected chi connectivity index (χ2v) is 8.56. The van der Waals surface area contributed by atoms with E-state index in [0.717, 1.165) is 23.4 Å². The molecule has 1 aromatic carbocycles. The Kier molecular flexibility index (Phi) is 9.39. The van der Waals surface area contributed by atoms with Gasteiger partial charge in [0.2, 0.25) is 0 Å². The largest absolute Gasteiger partial charge is 0.462 e. The number of halogens is 1. The lowest BCUT2D eigenvalue weighted by molar-refractivity contribution is -0.138. The topological polar surface area (TPSA) is 102 Å². The van der Waals surface area contributed by atoms with Crippen molar-refractivity contribution in [3.8, 4) is 12.1 Å². The number of rotatable bonds is 9. The number of benzene rings is 1. The van der Waals surface area contributed by atoms with Crippen molar-refractivity contribution in [2.45, 2.75) is 39.7 Å². The van der Waals surface area contributed by atoms with Crippen LogP contribution in [0.5, 0.6) is 0 Å².